The molecule has 1 heterocycles. The summed E-state index contributed by atoms with van der Waals surface area (Å²) >= 11 is 11.9. The number of hydrogen-bond donors (Lipinski definition) is 3. The highest BCUT2D eigenvalue weighted by Gasteiger charge is 2.25. The Morgan fingerprint density at radius 2 is 1.90 bits per heavy atom. The molecule has 3 aromatic rings. The quantitative estimate of drug-likeness (QED) is 0.488. The number of fused-ring (bicyclic) bond motifs is 1. The van der Waals surface area contributed by atoms with Crippen molar-refractivity contribution in [3.63, 3.8) is 0 Å². The fourth-order valence-electron chi connectivity index (χ4n) is 3.05. The maximum atomic E-state index is 12.7. The summed E-state index contributed by atoms with van der Waals surface area (Å²) in [6.07, 6.45) is 2.14. The maximum Gasteiger partial charge on any atom is 0.328 e. The van der Waals surface area contributed by atoms with Crippen molar-refractivity contribution in [1.29, 1.82) is 0 Å². The molecule has 0 spiro atoms. The lowest BCUT2D eigenvalue weighted by molar-refractivity contribution is -0.145. The Hall–Kier alpha value is -2.70. The van der Waals surface area contributed by atoms with Gasteiger partial charge in [-0.2, -0.15) is 0 Å². The first-order valence-corrected chi connectivity index (χ1v) is 9.79. The summed E-state index contributed by atoms with van der Waals surface area (Å²) < 4.78 is 4.88. The number of hydrogen-bond acceptors (Lipinski definition) is 4. The number of ether oxygens (including phenoxy) is 1. The Labute approximate surface area is 178 Å². The van der Waals surface area contributed by atoms with E-state index >= 15 is 0 Å². The Morgan fingerprint density at radius 1 is 1.14 bits per heavy atom. The molecule has 0 saturated heterocycles. The highest BCUT2D eigenvalue weighted by molar-refractivity contribution is 6.42. The fourth-order valence-corrected chi connectivity index (χ4v) is 3.35. The van der Waals surface area contributed by atoms with E-state index < -0.39 is 18.1 Å². The Bertz CT molecular complexity index is 1030. The highest BCUT2D eigenvalue weighted by Crippen LogP contribution is 2.25. The second kappa shape index (κ2) is 9.20. The molecule has 2 atom stereocenters. The van der Waals surface area contributed by atoms with Crippen molar-refractivity contribution in [3.05, 3.63) is 64.3 Å². The van der Waals surface area contributed by atoms with Crippen LogP contribution in [0.3, 0.4) is 0 Å². The third-order valence-corrected chi connectivity index (χ3v) is 5.34. The molecule has 29 heavy (non-hydrogen) atoms. The van der Waals surface area contributed by atoms with E-state index in [0.717, 1.165) is 16.5 Å². The number of carbonyl (C=O) groups excluding carboxylic acids is 2. The zero-order valence-corrected chi connectivity index (χ0v) is 17.5. The molecular formula is C21H21Cl2N3O3. The molecule has 0 aliphatic carbocycles. The van der Waals surface area contributed by atoms with Gasteiger partial charge in [0.05, 0.1) is 17.2 Å². The van der Waals surface area contributed by atoms with Crippen molar-refractivity contribution in [1.82, 2.24) is 10.3 Å². The van der Waals surface area contributed by atoms with Gasteiger partial charge in [0.1, 0.15) is 12.1 Å². The monoisotopic (exact) mass is 433 g/mol. The third-order valence-electron chi connectivity index (χ3n) is 4.60. The zero-order valence-electron chi connectivity index (χ0n) is 16.0. The van der Waals surface area contributed by atoms with Crippen LogP contribution in [0.4, 0.5) is 5.69 Å². The fraction of sp³-hybridized carbons (Fsp3) is 0.238. The van der Waals surface area contributed by atoms with Crippen LogP contribution in [0.1, 0.15) is 12.5 Å². The summed E-state index contributed by atoms with van der Waals surface area (Å²) in [6.45, 7) is 1.69. The maximum absolute atomic E-state index is 12.7. The van der Waals surface area contributed by atoms with Gasteiger partial charge in [-0.15, -0.1) is 0 Å². The summed E-state index contributed by atoms with van der Waals surface area (Å²) in [5.41, 5.74) is 2.53. The number of benzene rings is 2. The second-order valence-corrected chi connectivity index (χ2v) is 7.46. The van der Waals surface area contributed by atoms with Gasteiger partial charge in [-0.05, 0) is 36.8 Å². The van der Waals surface area contributed by atoms with Gasteiger partial charge in [0.2, 0.25) is 5.91 Å². The van der Waals surface area contributed by atoms with Gasteiger partial charge in [0.15, 0.2) is 0 Å². The molecule has 1 aromatic heterocycles. The van der Waals surface area contributed by atoms with Gasteiger partial charge in [-0.1, -0.05) is 41.4 Å². The number of halogens is 2. The van der Waals surface area contributed by atoms with E-state index in [1.165, 1.54) is 7.11 Å². The summed E-state index contributed by atoms with van der Waals surface area (Å²) in [5.74, 6) is -0.850. The topological polar surface area (TPSA) is 83.2 Å². The van der Waals surface area contributed by atoms with Crippen LogP contribution in [0, 0.1) is 0 Å². The van der Waals surface area contributed by atoms with Crippen LogP contribution in [0.15, 0.2) is 48.7 Å². The van der Waals surface area contributed by atoms with E-state index in [2.05, 4.69) is 15.6 Å². The van der Waals surface area contributed by atoms with Crippen LogP contribution in [-0.2, 0) is 20.7 Å². The Morgan fingerprint density at radius 3 is 2.62 bits per heavy atom. The first-order valence-electron chi connectivity index (χ1n) is 9.04. The molecule has 3 N–H and O–H groups in total. The van der Waals surface area contributed by atoms with E-state index in [-0.39, 0.29) is 5.91 Å². The first-order chi connectivity index (χ1) is 13.9. The van der Waals surface area contributed by atoms with Gasteiger partial charge in [-0.25, -0.2) is 4.79 Å². The van der Waals surface area contributed by atoms with Crippen molar-refractivity contribution in [2.24, 2.45) is 0 Å². The summed E-state index contributed by atoms with van der Waals surface area (Å²) in [7, 11) is 1.30. The molecule has 0 saturated carbocycles. The molecule has 3 rings (SSSR count). The molecule has 6 nitrogen and oxygen atoms in total. The highest BCUT2D eigenvalue weighted by atomic mass is 35.5. The third kappa shape index (κ3) is 5.02. The zero-order chi connectivity index (χ0) is 21.0. The molecule has 0 aliphatic rings. The van der Waals surface area contributed by atoms with Crippen molar-refractivity contribution < 1.29 is 14.3 Å². The molecule has 2 aromatic carbocycles. The van der Waals surface area contributed by atoms with Crippen LogP contribution in [0.2, 0.25) is 10.0 Å². The molecule has 0 aliphatic heterocycles. The number of H-pyrrole nitrogens is 1. The number of amides is 1. The molecule has 8 heteroatoms. The van der Waals surface area contributed by atoms with Crippen molar-refractivity contribution in [2.45, 2.75) is 25.4 Å². The van der Waals surface area contributed by atoms with Crippen molar-refractivity contribution in [2.75, 3.05) is 12.4 Å². The number of carbonyl (C=O) groups is 2. The molecule has 0 unspecified atom stereocenters. The van der Waals surface area contributed by atoms with Crippen LogP contribution in [0.5, 0.6) is 0 Å². The number of methoxy groups -OCH3 is 1. The van der Waals surface area contributed by atoms with Gasteiger partial charge < -0.3 is 20.4 Å². The van der Waals surface area contributed by atoms with Crippen LogP contribution < -0.4 is 10.6 Å². The van der Waals surface area contributed by atoms with Crippen LogP contribution >= 0.6 is 23.2 Å². The smallest absolute Gasteiger partial charge is 0.328 e. The standard InChI is InChI=1S/C21H21Cl2N3O3/c1-12(25-14-7-8-16(22)17(23)10-14)20(27)26-19(21(28)29-2)9-13-11-24-18-6-4-3-5-15(13)18/h3-8,10-12,19,24-25H,9H2,1-2H3,(H,26,27)/t12-,19-/m0/s1. The normalized spacial score (nSPS) is 13.0. The molecule has 0 bridgehead atoms. The molecular weight excluding hydrogens is 413 g/mol. The predicted octanol–water partition coefficient (Wildman–Crippen LogP) is 4.18. The number of anilines is 1. The average Bonchev–Trinajstić information content (AvgIpc) is 3.12. The van der Waals surface area contributed by atoms with Crippen molar-refractivity contribution >= 4 is 51.7 Å². The van der Waals surface area contributed by atoms with E-state index in [0.29, 0.717) is 22.2 Å². The van der Waals surface area contributed by atoms with E-state index in [1.807, 2.05) is 30.5 Å². The number of rotatable bonds is 7. The van der Waals surface area contributed by atoms with Crippen molar-refractivity contribution in [3.8, 4) is 0 Å². The summed E-state index contributed by atoms with van der Waals surface area (Å²) in [5, 5.41) is 7.63. The molecule has 152 valence electrons. The number of aromatic amines is 1. The van der Waals surface area contributed by atoms with E-state index in [9.17, 15) is 9.59 Å². The molecule has 0 radical (unpaired) electrons. The average molecular weight is 434 g/mol. The van der Waals surface area contributed by atoms with Gasteiger partial charge in [0.25, 0.3) is 0 Å². The summed E-state index contributed by atoms with van der Waals surface area (Å²) in [4.78, 5) is 28.1. The number of nitrogens with one attached hydrogen (secondary N) is 3. The van der Waals surface area contributed by atoms with E-state index in [4.69, 9.17) is 27.9 Å². The minimum atomic E-state index is -0.815. The minimum Gasteiger partial charge on any atom is -0.467 e. The summed E-state index contributed by atoms with van der Waals surface area (Å²) in [6, 6.07) is 11.4. The molecule has 0 fully saturated rings. The first kappa shape index (κ1) is 21.0. The van der Waals surface area contributed by atoms with Crippen LogP contribution in [-0.4, -0.2) is 36.1 Å². The molecule has 1 amide bonds. The predicted molar refractivity (Wildman–Crippen MR) is 115 cm³/mol. The van der Waals surface area contributed by atoms with Gasteiger partial charge >= 0.3 is 5.97 Å². The van der Waals surface area contributed by atoms with E-state index in [1.54, 1.807) is 25.1 Å². The van der Waals surface area contributed by atoms with Crippen LogP contribution in [0.25, 0.3) is 10.9 Å². The SMILES string of the molecule is COC(=O)[C@H](Cc1c[nH]c2ccccc12)NC(=O)[C@H](C)Nc1ccc(Cl)c(Cl)c1. The van der Waals surface area contributed by atoms with Gasteiger partial charge in [0, 0.05) is 29.2 Å². The largest absolute Gasteiger partial charge is 0.467 e. The Balaban J connectivity index is 1.71. The lowest BCUT2D eigenvalue weighted by Crippen LogP contribution is -2.48. The minimum absolute atomic E-state index is 0.307. The van der Waals surface area contributed by atoms with Gasteiger partial charge in [-0.3, -0.25) is 4.79 Å². The lowest BCUT2D eigenvalue weighted by Gasteiger charge is -2.20. The number of aromatic nitrogens is 1. The number of para-hydroxylation sites is 1. The number of esters is 1. The second-order valence-electron chi connectivity index (χ2n) is 6.64. The Kier molecular flexibility index (Phi) is 6.67. The lowest BCUT2D eigenvalue weighted by atomic mass is 10.0.